The number of hydrogen-bond acceptors (Lipinski definition) is 2. The van der Waals surface area contributed by atoms with Gasteiger partial charge in [0.15, 0.2) is 0 Å². The number of carbonyl (C=O) groups is 2. The van der Waals surface area contributed by atoms with Crippen LogP contribution in [0.3, 0.4) is 0 Å². The van der Waals surface area contributed by atoms with Crippen molar-refractivity contribution in [3.63, 3.8) is 0 Å². The molecule has 0 saturated carbocycles. The van der Waals surface area contributed by atoms with Gasteiger partial charge in [0.25, 0.3) is 5.91 Å². The van der Waals surface area contributed by atoms with Gasteiger partial charge in [-0.2, -0.15) is 0 Å². The van der Waals surface area contributed by atoms with Gasteiger partial charge in [-0.25, -0.2) is 4.79 Å². The van der Waals surface area contributed by atoms with Crippen molar-refractivity contribution in [1.82, 2.24) is 5.32 Å². The van der Waals surface area contributed by atoms with Gasteiger partial charge in [-0.1, -0.05) is 65.1 Å². The van der Waals surface area contributed by atoms with E-state index in [9.17, 15) is 9.59 Å². The normalized spacial score (nSPS) is 11.5. The molecule has 154 valence electrons. The van der Waals surface area contributed by atoms with Crippen LogP contribution in [-0.4, -0.2) is 11.9 Å². The summed E-state index contributed by atoms with van der Waals surface area (Å²) in [5, 5.41) is 9.20. The Morgan fingerprint density at radius 2 is 1.50 bits per heavy atom. The molecule has 30 heavy (non-hydrogen) atoms. The topological polar surface area (TPSA) is 70.2 Å². The van der Waals surface area contributed by atoms with Gasteiger partial charge in [0, 0.05) is 11.3 Å². The molecule has 3 N–H and O–H groups in total. The van der Waals surface area contributed by atoms with Crippen LogP contribution in [0.2, 0.25) is 15.1 Å². The second-order valence-electron chi connectivity index (χ2n) is 6.51. The van der Waals surface area contributed by atoms with E-state index >= 15 is 0 Å². The first-order chi connectivity index (χ1) is 14.3. The number of rotatable bonds is 5. The molecule has 0 aliphatic carbocycles. The number of halogens is 3. The van der Waals surface area contributed by atoms with Crippen LogP contribution in [0.1, 0.15) is 28.9 Å². The van der Waals surface area contributed by atoms with E-state index in [1.54, 1.807) is 24.3 Å². The van der Waals surface area contributed by atoms with E-state index in [1.165, 1.54) is 12.1 Å². The molecule has 0 spiro atoms. The minimum absolute atomic E-state index is 0.177. The van der Waals surface area contributed by atoms with Crippen LogP contribution in [0.25, 0.3) is 0 Å². The van der Waals surface area contributed by atoms with Gasteiger partial charge in [-0.15, -0.1) is 0 Å². The molecule has 1 atom stereocenters. The summed E-state index contributed by atoms with van der Waals surface area (Å²) in [6.45, 7) is 1.90. The summed E-state index contributed by atoms with van der Waals surface area (Å²) >= 11 is 18.0. The van der Waals surface area contributed by atoms with Crippen molar-refractivity contribution in [1.29, 1.82) is 0 Å². The average molecular weight is 463 g/mol. The van der Waals surface area contributed by atoms with Crippen LogP contribution in [0.4, 0.5) is 16.2 Å². The summed E-state index contributed by atoms with van der Waals surface area (Å²) in [4.78, 5) is 24.9. The molecular formula is C22H18Cl3N3O2. The minimum atomic E-state index is -0.537. The van der Waals surface area contributed by atoms with Crippen LogP contribution in [0.15, 0.2) is 66.7 Å². The molecule has 3 aromatic rings. The third kappa shape index (κ3) is 5.66. The molecule has 0 aliphatic rings. The van der Waals surface area contributed by atoms with E-state index in [0.29, 0.717) is 32.0 Å². The number of nitrogens with one attached hydrogen (secondary N) is 3. The maximum atomic E-state index is 12.6. The van der Waals surface area contributed by atoms with Gasteiger partial charge in [0.2, 0.25) is 0 Å². The zero-order valence-electron chi connectivity index (χ0n) is 15.9. The first-order valence-electron chi connectivity index (χ1n) is 9.02. The Hall–Kier alpha value is -2.73. The van der Waals surface area contributed by atoms with Gasteiger partial charge in [-0.05, 0) is 48.9 Å². The molecule has 0 aliphatic heterocycles. The lowest BCUT2D eigenvalue weighted by atomic mass is 10.1. The van der Waals surface area contributed by atoms with E-state index in [4.69, 9.17) is 34.8 Å². The fourth-order valence-corrected chi connectivity index (χ4v) is 3.19. The van der Waals surface area contributed by atoms with Crippen molar-refractivity contribution in [3.8, 4) is 0 Å². The number of amides is 3. The molecule has 5 nitrogen and oxygen atoms in total. The Labute approximate surface area is 189 Å². The average Bonchev–Trinajstić information content (AvgIpc) is 2.73. The summed E-state index contributed by atoms with van der Waals surface area (Å²) in [6, 6.07) is 18.3. The fourth-order valence-electron chi connectivity index (χ4n) is 2.73. The largest absolute Gasteiger partial charge is 0.346 e. The highest BCUT2D eigenvalue weighted by Gasteiger charge is 2.14. The predicted octanol–water partition coefficient (Wildman–Crippen LogP) is 6.78. The lowest BCUT2D eigenvalue weighted by Gasteiger charge is -2.15. The summed E-state index contributed by atoms with van der Waals surface area (Å²) < 4.78 is 0. The molecule has 1 unspecified atom stereocenters. The Kier molecular flexibility index (Phi) is 7.21. The molecule has 3 amide bonds. The van der Waals surface area contributed by atoms with E-state index < -0.39 is 6.03 Å². The van der Waals surface area contributed by atoms with Crippen LogP contribution in [0, 0.1) is 0 Å². The smallest absolute Gasteiger partial charge is 0.323 e. The van der Waals surface area contributed by atoms with E-state index in [-0.39, 0.29) is 11.9 Å². The Morgan fingerprint density at radius 1 is 0.800 bits per heavy atom. The standard InChI is InChI=1S/C22H18Cl3N3O2/c1-13(14-5-3-2-4-6-14)26-21(29)15-7-9-18(24)20(11-15)28-22(30)27-16-8-10-17(23)19(25)12-16/h2-13H,1H3,(H,26,29)(H2,27,28,30). The summed E-state index contributed by atoms with van der Waals surface area (Å²) in [7, 11) is 0. The third-order valence-electron chi connectivity index (χ3n) is 4.30. The molecule has 0 heterocycles. The monoisotopic (exact) mass is 461 g/mol. The first kappa shape index (κ1) is 22.0. The molecule has 3 aromatic carbocycles. The molecule has 0 saturated heterocycles. The SMILES string of the molecule is CC(NC(=O)c1ccc(Cl)c(NC(=O)Nc2ccc(Cl)c(Cl)c2)c1)c1ccccc1. The molecular weight excluding hydrogens is 445 g/mol. The van der Waals surface area contributed by atoms with Gasteiger partial charge >= 0.3 is 6.03 Å². The lowest BCUT2D eigenvalue weighted by molar-refractivity contribution is 0.0940. The van der Waals surface area contributed by atoms with Crippen molar-refractivity contribution in [2.75, 3.05) is 10.6 Å². The molecule has 0 radical (unpaired) electrons. The number of urea groups is 1. The number of carbonyl (C=O) groups excluding carboxylic acids is 2. The maximum absolute atomic E-state index is 12.6. The van der Waals surface area contributed by atoms with Crippen LogP contribution >= 0.6 is 34.8 Å². The quantitative estimate of drug-likeness (QED) is 0.391. The first-order valence-corrected chi connectivity index (χ1v) is 10.2. The van der Waals surface area contributed by atoms with Crippen molar-refractivity contribution < 1.29 is 9.59 Å². The van der Waals surface area contributed by atoms with Gasteiger partial charge in [0.05, 0.1) is 26.8 Å². The van der Waals surface area contributed by atoms with Crippen molar-refractivity contribution in [2.24, 2.45) is 0 Å². The predicted molar refractivity (Wildman–Crippen MR) is 123 cm³/mol. The highest BCUT2D eigenvalue weighted by Crippen LogP contribution is 2.26. The number of hydrogen-bond donors (Lipinski definition) is 3. The van der Waals surface area contributed by atoms with Gasteiger partial charge < -0.3 is 16.0 Å². The third-order valence-corrected chi connectivity index (χ3v) is 5.37. The Morgan fingerprint density at radius 3 is 2.20 bits per heavy atom. The van der Waals surface area contributed by atoms with Crippen molar-refractivity contribution in [2.45, 2.75) is 13.0 Å². The summed E-state index contributed by atoms with van der Waals surface area (Å²) in [5.74, 6) is -0.282. The Balaban J connectivity index is 1.69. The Bertz CT molecular complexity index is 1070. The molecule has 0 bridgehead atoms. The van der Waals surface area contributed by atoms with Gasteiger partial charge in [0.1, 0.15) is 0 Å². The van der Waals surface area contributed by atoms with Gasteiger partial charge in [-0.3, -0.25) is 4.79 Å². The number of anilines is 2. The highest BCUT2D eigenvalue weighted by molar-refractivity contribution is 6.42. The van der Waals surface area contributed by atoms with E-state index in [0.717, 1.165) is 5.56 Å². The highest BCUT2D eigenvalue weighted by atomic mass is 35.5. The maximum Gasteiger partial charge on any atom is 0.323 e. The second-order valence-corrected chi connectivity index (χ2v) is 7.73. The minimum Gasteiger partial charge on any atom is -0.346 e. The lowest BCUT2D eigenvalue weighted by Crippen LogP contribution is -2.27. The van der Waals surface area contributed by atoms with Crippen LogP contribution in [-0.2, 0) is 0 Å². The summed E-state index contributed by atoms with van der Waals surface area (Å²) in [6.07, 6.45) is 0. The van der Waals surface area contributed by atoms with E-state index in [2.05, 4.69) is 16.0 Å². The van der Waals surface area contributed by atoms with Crippen molar-refractivity contribution in [3.05, 3.63) is 92.9 Å². The van der Waals surface area contributed by atoms with Crippen LogP contribution in [0.5, 0.6) is 0 Å². The zero-order chi connectivity index (χ0) is 21.7. The summed E-state index contributed by atoms with van der Waals surface area (Å²) in [5.41, 5.74) is 2.11. The van der Waals surface area contributed by atoms with Crippen LogP contribution < -0.4 is 16.0 Å². The molecule has 0 fully saturated rings. The second kappa shape index (κ2) is 9.85. The van der Waals surface area contributed by atoms with Crippen molar-refractivity contribution >= 4 is 58.1 Å². The molecule has 3 rings (SSSR count). The van der Waals surface area contributed by atoms with E-state index in [1.807, 2.05) is 37.3 Å². The zero-order valence-corrected chi connectivity index (χ0v) is 18.1. The number of benzene rings is 3. The molecule has 0 aromatic heterocycles. The fraction of sp³-hybridized carbons (Fsp3) is 0.0909. The molecule has 8 heteroatoms.